The van der Waals surface area contributed by atoms with Gasteiger partial charge in [-0.3, -0.25) is 4.79 Å². The van der Waals surface area contributed by atoms with E-state index in [2.05, 4.69) is 0 Å². The van der Waals surface area contributed by atoms with Crippen molar-refractivity contribution < 1.29 is 4.79 Å². The van der Waals surface area contributed by atoms with Crippen molar-refractivity contribution in [1.82, 2.24) is 4.90 Å². The van der Waals surface area contributed by atoms with Crippen molar-refractivity contribution in [3.63, 3.8) is 0 Å². The lowest BCUT2D eigenvalue weighted by Crippen LogP contribution is -2.35. The number of amides is 1. The summed E-state index contributed by atoms with van der Waals surface area (Å²) in [5.74, 6) is -0.0503. The number of halogens is 2. The number of rotatable bonds is 2. The second kappa shape index (κ2) is 5.37. The Balaban J connectivity index is 2.22. The molecular formula is C13H16Cl2N2O. The van der Waals surface area contributed by atoms with Crippen molar-refractivity contribution in [1.29, 1.82) is 0 Å². The molecular weight excluding hydrogens is 271 g/mol. The van der Waals surface area contributed by atoms with Gasteiger partial charge in [0.05, 0.1) is 15.7 Å². The Kier molecular flexibility index (Phi) is 4.03. The molecule has 3 nitrogen and oxygen atoms in total. The maximum atomic E-state index is 12.3. The molecule has 5 heteroatoms. The predicted molar refractivity (Wildman–Crippen MR) is 75.2 cm³/mol. The van der Waals surface area contributed by atoms with E-state index in [-0.39, 0.29) is 5.91 Å². The molecule has 1 aromatic carbocycles. The third-order valence-electron chi connectivity index (χ3n) is 3.52. The van der Waals surface area contributed by atoms with Crippen LogP contribution in [0.3, 0.4) is 0 Å². The fourth-order valence-electron chi connectivity index (χ4n) is 2.37. The van der Waals surface area contributed by atoms with Crippen molar-refractivity contribution in [2.24, 2.45) is 0 Å². The van der Waals surface area contributed by atoms with Gasteiger partial charge in [0.15, 0.2) is 0 Å². The zero-order valence-corrected chi connectivity index (χ0v) is 11.8. The second-order valence-electron chi connectivity index (χ2n) is 4.71. The number of carbonyl (C=O) groups excluding carboxylic acids is 1. The van der Waals surface area contributed by atoms with Gasteiger partial charge in [-0.05, 0) is 25.0 Å². The first-order valence-corrected chi connectivity index (χ1v) is 6.78. The molecule has 0 spiro atoms. The summed E-state index contributed by atoms with van der Waals surface area (Å²) in [6.45, 7) is 0. The van der Waals surface area contributed by atoms with E-state index in [1.165, 1.54) is 12.8 Å². The molecule has 0 aromatic heterocycles. The average molecular weight is 287 g/mol. The number of nitrogens with two attached hydrogens (primary N) is 1. The number of nitrogens with zero attached hydrogens (tertiary/aromatic N) is 1. The number of benzene rings is 1. The van der Waals surface area contributed by atoms with Crippen molar-refractivity contribution in [2.75, 3.05) is 12.8 Å². The topological polar surface area (TPSA) is 46.3 Å². The highest BCUT2D eigenvalue weighted by Crippen LogP contribution is 2.30. The molecule has 0 heterocycles. The molecule has 0 saturated heterocycles. The molecule has 1 aliphatic carbocycles. The van der Waals surface area contributed by atoms with Gasteiger partial charge in [0.1, 0.15) is 0 Å². The second-order valence-corrected chi connectivity index (χ2v) is 5.52. The Bertz CT molecular complexity index is 447. The summed E-state index contributed by atoms with van der Waals surface area (Å²) >= 11 is 11.9. The van der Waals surface area contributed by atoms with Crippen LogP contribution in [-0.2, 0) is 0 Å². The Morgan fingerprint density at radius 1 is 1.28 bits per heavy atom. The maximum absolute atomic E-state index is 12.3. The van der Waals surface area contributed by atoms with Crippen LogP contribution in [0, 0.1) is 0 Å². The third kappa shape index (κ3) is 2.57. The minimum absolute atomic E-state index is 0.0503. The summed E-state index contributed by atoms with van der Waals surface area (Å²) in [5.41, 5.74) is 6.47. The maximum Gasteiger partial charge on any atom is 0.253 e. The molecule has 18 heavy (non-hydrogen) atoms. The molecule has 0 bridgehead atoms. The average Bonchev–Trinajstić information content (AvgIpc) is 2.87. The highest BCUT2D eigenvalue weighted by Gasteiger charge is 2.24. The van der Waals surface area contributed by atoms with E-state index < -0.39 is 0 Å². The van der Waals surface area contributed by atoms with Crippen LogP contribution in [0.5, 0.6) is 0 Å². The molecule has 1 amide bonds. The molecule has 2 N–H and O–H groups in total. The van der Waals surface area contributed by atoms with Crippen LogP contribution >= 0.6 is 23.2 Å². The van der Waals surface area contributed by atoms with Gasteiger partial charge in [-0.1, -0.05) is 36.0 Å². The first-order chi connectivity index (χ1) is 8.50. The molecule has 1 fully saturated rings. The van der Waals surface area contributed by atoms with E-state index in [4.69, 9.17) is 28.9 Å². The number of anilines is 1. The first kappa shape index (κ1) is 13.5. The van der Waals surface area contributed by atoms with Crippen LogP contribution in [-0.4, -0.2) is 23.9 Å². The summed E-state index contributed by atoms with van der Waals surface area (Å²) in [6.07, 6.45) is 4.51. The lowest BCUT2D eigenvalue weighted by molar-refractivity contribution is 0.0735. The van der Waals surface area contributed by atoms with Gasteiger partial charge in [-0.25, -0.2) is 0 Å². The van der Waals surface area contributed by atoms with Gasteiger partial charge in [-0.15, -0.1) is 0 Å². The SMILES string of the molecule is CN(C(=O)c1cc(Cl)c(N)c(Cl)c1)C1CCCC1. The van der Waals surface area contributed by atoms with Crippen LogP contribution in [0.4, 0.5) is 5.69 Å². The molecule has 2 rings (SSSR count). The number of nitrogen functional groups attached to an aromatic ring is 1. The Hall–Kier alpha value is -0.930. The van der Waals surface area contributed by atoms with Gasteiger partial charge < -0.3 is 10.6 Å². The quantitative estimate of drug-likeness (QED) is 0.845. The highest BCUT2D eigenvalue weighted by molar-refractivity contribution is 6.39. The number of carbonyl (C=O) groups is 1. The van der Waals surface area contributed by atoms with E-state index >= 15 is 0 Å². The van der Waals surface area contributed by atoms with Crippen LogP contribution < -0.4 is 5.73 Å². The predicted octanol–water partition coefficient (Wildman–Crippen LogP) is 3.59. The normalized spacial score (nSPS) is 15.9. The van der Waals surface area contributed by atoms with E-state index in [0.29, 0.717) is 27.3 Å². The van der Waals surface area contributed by atoms with E-state index in [1.807, 2.05) is 7.05 Å². The van der Waals surface area contributed by atoms with Gasteiger partial charge in [0.25, 0.3) is 5.91 Å². The highest BCUT2D eigenvalue weighted by atomic mass is 35.5. The largest absolute Gasteiger partial charge is 0.396 e. The summed E-state index contributed by atoms with van der Waals surface area (Å²) in [6, 6.07) is 3.49. The first-order valence-electron chi connectivity index (χ1n) is 6.02. The minimum Gasteiger partial charge on any atom is -0.396 e. The lowest BCUT2D eigenvalue weighted by Gasteiger charge is -2.24. The van der Waals surface area contributed by atoms with Crippen molar-refractivity contribution in [3.05, 3.63) is 27.7 Å². The van der Waals surface area contributed by atoms with Crippen LogP contribution in [0.15, 0.2) is 12.1 Å². The molecule has 0 radical (unpaired) electrons. The Morgan fingerprint density at radius 2 is 1.78 bits per heavy atom. The minimum atomic E-state index is -0.0503. The summed E-state index contributed by atoms with van der Waals surface area (Å²) in [5, 5.41) is 0.649. The monoisotopic (exact) mass is 286 g/mol. The molecule has 0 aliphatic heterocycles. The van der Waals surface area contributed by atoms with E-state index in [0.717, 1.165) is 12.8 Å². The summed E-state index contributed by atoms with van der Waals surface area (Å²) < 4.78 is 0. The van der Waals surface area contributed by atoms with Crippen LogP contribution in [0.1, 0.15) is 36.0 Å². The molecule has 1 saturated carbocycles. The number of hydrogen-bond donors (Lipinski definition) is 1. The summed E-state index contributed by atoms with van der Waals surface area (Å²) in [7, 11) is 1.83. The third-order valence-corrected chi connectivity index (χ3v) is 4.14. The van der Waals surface area contributed by atoms with Crippen LogP contribution in [0.25, 0.3) is 0 Å². The van der Waals surface area contributed by atoms with Crippen molar-refractivity contribution in [2.45, 2.75) is 31.7 Å². The van der Waals surface area contributed by atoms with E-state index in [1.54, 1.807) is 17.0 Å². The van der Waals surface area contributed by atoms with Gasteiger partial charge >= 0.3 is 0 Å². The molecule has 1 aliphatic rings. The fraction of sp³-hybridized carbons (Fsp3) is 0.462. The fourth-order valence-corrected chi connectivity index (χ4v) is 2.86. The standard InChI is InChI=1S/C13H16Cl2N2O/c1-17(9-4-2-3-5-9)13(18)8-6-10(14)12(16)11(15)7-8/h6-7,9H,2-5,16H2,1H3. The molecule has 1 aromatic rings. The Morgan fingerprint density at radius 3 is 2.28 bits per heavy atom. The van der Waals surface area contributed by atoms with Crippen LogP contribution in [0.2, 0.25) is 10.0 Å². The van der Waals surface area contributed by atoms with Crippen molar-refractivity contribution in [3.8, 4) is 0 Å². The smallest absolute Gasteiger partial charge is 0.253 e. The Labute approximate surface area is 117 Å². The van der Waals surface area contributed by atoms with Gasteiger partial charge in [0.2, 0.25) is 0 Å². The van der Waals surface area contributed by atoms with E-state index in [9.17, 15) is 4.79 Å². The zero-order valence-electron chi connectivity index (χ0n) is 10.2. The van der Waals surface area contributed by atoms with Crippen molar-refractivity contribution >= 4 is 34.8 Å². The molecule has 0 atom stereocenters. The molecule has 0 unspecified atom stereocenters. The summed E-state index contributed by atoms with van der Waals surface area (Å²) in [4.78, 5) is 14.1. The zero-order chi connectivity index (χ0) is 13.3. The molecule has 98 valence electrons. The number of hydrogen-bond acceptors (Lipinski definition) is 2. The van der Waals surface area contributed by atoms with Gasteiger partial charge in [0, 0.05) is 18.7 Å². The lowest BCUT2D eigenvalue weighted by atomic mass is 10.1. The van der Waals surface area contributed by atoms with Gasteiger partial charge in [-0.2, -0.15) is 0 Å².